The molecule has 0 radical (unpaired) electrons. The summed E-state index contributed by atoms with van der Waals surface area (Å²) in [6.07, 6.45) is 0. The SMILES string of the molecule is COc1cccc(C)c1-c1ccccc1N. The average Bonchev–Trinajstić information content (AvgIpc) is 2.30. The molecular formula is C14H15NO. The maximum Gasteiger partial charge on any atom is 0.127 e. The number of hydrogen-bond donors (Lipinski definition) is 1. The van der Waals surface area contributed by atoms with Crippen LogP contribution in [0.1, 0.15) is 5.56 Å². The Morgan fingerprint density at radius 2 is 1.75 bits per heavy atom. The number of rotatable bonds is 2. The van der Waals surface area contributed by atoms with Gasteiger partial charge in [-0.3, -0.25) is 0 Å². The van der Waals surface area contributed by atoms with Gasteiger partial charge < -0.3 is 10.5 Å². The van der Waals surface area contributed by atoms with E-state index in [-0.39, 0.29) is 0 Å². The normalized spacial score (nSPS) is 10.1. The Balaban J connectivity index is 2.68. The van der Waals surface area contributed by atoms with E-state index in [0.717, 1.165) is 28.1 Å². The predicted octanol–water partition coefficient (Wildman–Crippen LogP) is 3.25. The molecule has 16 heavy (non-hydrogen) atoms. The summed E-state index contributed by atoms with van der Waals surface area (Å²) in [5, 5.41) is 0. The molecule has 0 saturated heterocycles. The number of anilines is 1. The lowest BCUT2D eigenvalue weighted by atomic mass is 9.98. The molecule has 0 aliphatic heterocycles. The third-order valence-corrected chi connectivity index (χ3v) is 2.68. The maximum atomic E-state index is 5.99. The monoisotopic (exact) mass is 213 g/mol. The minimum Gasteiger partial charge on any atom is -0.496 e. The number of aryl methyl sites for hydroxylation is 1. The van der Waals surface area contributed by atoms with E-state index in [9.17, 15) is 0 Å². The van der Waals surface area contributed by atoms with Gasteiger partial charge >= 0.3 is 0 Å². The molecule has 0 bridgehead atoms. The molecule has 2 heteroatoms. The largest absolute Gasteiger partial charge is 0.496 e. The van der Waals surface area contributed by atoms with Crippen molar-refractivity contribution < 1.29 is 4.74 Å². The third kappa shape index (κ3) is 1.74. The van der Waals surface area contributed by atoms with Gasteiger partial charge in [-0.05, 0) is 24.6 Å². The van der Waals surface area contributed by atoms with Crippen LogP contribution in [0.25, 0.3) is 11.1 Å². The molecule has 82 valence electrons. The van der Waals surface area contributed by atoms with Crippen LogP contribution >= 0.6 is 0 Å². The molecule has 2 aromatic carbocycles. The highest BCUT2D eigenvalue weighted by molar-refractivity contribution is 5.82. The minimum absolute atomic E-state index is 0.773. The quantitative estimate of drug-likeness (QED) is 0.777. The zero-order valence-corrected chi connectivity index (χ0v) is 9.53. The summed E-state index contributed by atoms with van der Waals surface area (Å²) < 4.78 is 5.38. The fourth-order valence-electron chi connectivity index (χ4n) is 1.88. The zero-order chi connectivity index (χ0) is 11.5. The zero-order valence-electron chi connectivity index (χ0n) is 9.53. The van der Waals surface area contributed by atoms with Crippen LogP contribution in [0.4, 0.5) is 5.69 Å². The fourth-order valence-corrected chi connectivity index (χ4v) is 1.88. The average molecular weight is 213 g/mol. The van der Waals surface area contributed by atoms with E-state index in [0.29, 0.717) is 0 Å². The minimum atomic E-state index is 0.773. The second-order valence-corrected chi connectivity index (χ2v) is 3.74. The van der Waals surface area contributed by atoms with Gasteiger partial charge in [0.2, 0.25) is 0 Å². The van der Waals surface area contributed by atoms with E-state index in [1.54, 1.807) is 7.11 Å². The number of para-hydroxylation sites is 1. The number of ether oxygens (including phenoxy) is 1. The Hall–Kier alpha value is -1.96. The number of benzene rings is 2. The van der Waals surface area contributed by atoms with Crippen molar-refractivity contribution in [2.24, 2.45) is 0 Å². The van der Waals surface area contributed by atoms with Gasteiger partial charge in [-0.2, -0.15) is 0 Å². The smallest absolute Gasteiger partial charge is 0.127 e. The number of hydrogen-bond acceptors (Lipinski definition) is 2. The summed E-state index contributed by atoms with van der Waals surface area (Å²) in [4.78, 5) is 0. The number of nitrogens with two attached hydrogens (primary N) is 1. The molecule has 2 rings (SSSR count). The van der Waals surface area contributed by atoms with Crippen molar-refractivity contribution in [2.45, 2.75) is 6.92 Å². The Labute approximate surface area is 95.7 Å². The summed E-state index contributed by atoms with van der Waals surface area (Å²) in [5.41, 5.74) is 10.0. The molecule has 2 aromatic rings. The molecule has 0 spiro atoms. The van der Waals surface area contributed by atoms with Crippen molar-refractivity contribution in [3.63, 3.8) is 0 Å². The molecule has 0 aliphatic carbocycles. The van der Waals surface area contributed by atoms with E-state index >= 15 is 0 Å². The van der Waals surface area contributed by atoms with Crippen molar-refractivity contribution in [3.8, 4) is 16.9 Å². The van der Waals surface area contributed by atoms with E-state index < -0.39 is 0 Å². The highest BCUT2D eigenvalue weighted by Gasteiger charge is 2.10. The summed E-state index contributed by atoms with van der Waals surface area (Å²) in [6.45, 7) is 2.06. The van der Waals surface area contributed by atoms with Gasteiger partial charge in [0, 0.05) is 16.8 Å². The summed E-state index contributed by atoms with van der Waals surface area (Å²) in [7, 11) is 1.68. The molecular weight excluding hydrogens is 198 g/mol. The fraction of sp³-hybridized carbons (Fsp3) is 0.143. The number of nitrogen functional groups attached to an aromatic ring is 1. The van der Waals surface area contributed by atoms with Crippen molar-refractivity contribution in [2.75, 3.05) is 12.8 Å². The van der Waals surface area contributed by atoms with Crippen LogP contribution in [0.3, 0.4) is 0 Å². The molecule has 0 aromatic heterocycles. The first-order valence-corrected chi connectivity index (χ1v) is 5.22. The molecule has 0 unspecified atom stereocenters. The van der Waals surface area contributed by atoms with Crippen LogP contribution in [0.2, 0.25) is 0 Å². The Bertz CT molecular complexity index is 506. The first kappa shape index (κ1) is 10.6. The Morgan fingerprint density at radius 3 is 2.44 bits per heavy atom. The highest BCUT2D eigenvalue weighted by atomic mass is 16.5. The predicted molar refractivity (Wildman–Crippen MR) is 67.6 cm³/mol. The molecule has 0 amide bonds. The first-order valence-electron chi connectivity index (χ1n) is 5.22. The highest BCUT2D eigenvalue weighted by Crippen LogP contribution is 2.35. The van der Waals surface area contributed by atoms with Crippen molar-refractivity contribution >= 4 is 5.69 Å². The number of methoxy groups -OCH3 is 1. The lowest BCUT2D eigenvalue weighted by molar-refractivity contribution is 0.416. The van der Waals surface area contributed by atoms with Crippen LogP contribution in [0, 0.1) is 6.92 Å². The third-order valence-electron chi connectivity index (χ3n) is 2.68. The summed E-state index contributed by atoms with van der Waals surface area (Å²) >= 11 is 0. The second-order valence-electron chi connectivity index (χ2n) is 3.74. The van der Waals surface area contributed by atoms with Gasteiger partial charge in [0.1, 0.15) is 5.75 Å². The lowest BCUT2D eigenvalue weighted by Crippen LogP contribution is -1.94. The van der Waals surface area contributed by atoms with Gasteiger partial charge in [0.05, 0.1) is 7.11 Å². The van der Waals surface area contributed by atoms with E-state index in [1.807, 2.05) is 36.4 Å². The molecule has 2 nitrogen and oxygen atoms in total. The molecule has 0 fully saturated rings. The van der Waals surface area contributed by atoms with Crippen molar-refractivity contribution in [3.05, 3.63) is 48.0 Å². The molecule has 0 heterocycles. The van der Waals surface area contributed by atoms with Crippen LogP contribution in [-0.2, 0) is 0 Å². The molecule has 2 N–H and O–H groups in total. The van der Waals surface area contributed by atoms with Crippen LogP contribution in [-0.4, -0.2) is 7.11 Å². The van der Waals surface area contributed by atoms with Crippen molar-refractivity contribution in [1.82, 2.24) is 0 Å². The standard InChI is InChI=1S/C14H15NO/c1-10-6-5-9-13(16-2)14(10)11-7-3-4-8-12(11)15/h3-9H,15H2,1-2H3. The van der Waals surface area contributed by atoms with E-state index in [1.165, 1.54) is 0 Å². The van der Waals surface area contributed by atoms with Gasteiger partial charge in [-0.15, -0.1) is 0 Å². The van der Waals surface area contributed by atoms with Gasteiger partial charge in [-0.25, -0.2) is 0 Å². The molecule has 0 atom stereocenters. The van der Waals surface area contributed by atoms with Gasteiger partial charge in [-0.1, -0.05) is 30.3 Å². The molecule has 0 aliphatic rings. The Morgan fingerprint density at radius 1 is 1.00 bits per heavy atom. The van der Waals surface area contributed by atoms with E-state index in [4.69, 9.17) is 10.5 Å². The second kappa shape index (κ2) is 4.27. The summed E-state index contributed by atoms with van der Waals surface area (Å²) in [6, 6.07) is 13.8. The van der Waals surface area contributed by atoms with E-state index in [2.05, 4.69) is 13.0 Å². The van der Waals surface area contributed by atoms with Crippen LogP contribution in [0.5, 0.6) is 5.75 Å². The van der Waals surface area contributed by atoms with Gasteiger partial charge in [0.25, 0.3) is 0 Å². The van der Waals surface area contributed by atoms with Crippen molar-refractivity contribution in [1.29, 1.82) is 0 Å². The first-order chi connectivity index (χ1) is 7.74. The Kier molecular flexibility index (Phi) is 2.82. The summed E-state index contributed by atoms with van der Waals surface area (Å²) in [5.74, 6) is 0.859. The topological polar surface area (TPSA) is 35.2 Å². The molecule has 0 saturated carbocycles. The van der Waals surface area contributed by atoms with Crippen LogP contribution < -0.4 is 10.5 Å². The van der Waals surface area contributed by atoms with Crippen LogP contribution in [0.15, 0.2) is 42.5 Å². The maximum absolute atomic E-state index is 5.99. The van der Waals surface area contributed by atoms with Gasteiger partial charge in [0.15, 0.2) is 0 Å². The lowest BCUT2D eigenvalue weighted by Gasteiger charge is -2.13.